The Morgan fingerprint density at radius 1 is 1.06 bits per heavy atom. The number of nitrogens with zero attached hydrogens (tertiary/aromatic N) is 2. The molecule has 0 aromatic carbocycles. The van der Waals surface area contributed by atoms with Crippen LogP contribution in [-0.4, -0.2) is 22.1 Å². The second-order valence-electron chi connectivity index (χ2n) is 4.63. The number of nitrogens with one attached hydrogen (secondary N) is 2. The minimum Gasteiger partial charge on any atom is -0.367 e. The minimum atomic E-state index is 0.331. The lowest BCUT2D eigenvalue weighted by molar-refractivity contribution is 0.867. The SMILES string of the molecule is CC(C)Nc1nc(NC(C)C)c2sccc2n1. The summed E-state index contributed by atoms with van der Waals surface area (Å²) in [6.45, 7) is 8.38. The van der Waals surface area contributed by atoms with Crippen LogP contribution in [0.3, 0.4) is 0 Å². The first-order valence-electron chi connectivity index (χ1n) is 5.84. The van der Waals surface area contributed by atoms with Crippen LogP contribution in [0.15, 0.2) is 11.4 Å². The summed E-state index contributed by atoms with van der Waals surface area (Å²) in [5.41, 5.74) is 0.997. The van der Waals surface area contributed by atoms with Crippen molar-refractivity contribution in [1.29, 1.82) is 0 Å². The van der Waals surface area contributed by atoms with E-state index < -0.39 is 0 Å². The van der Waals surface area contributed by atoms with Gasteiger partial charge < -0.3 is 10.6 Å². The zero-order valence-electron chi connectivity index (χ0n) is 10.6. The zero-order chi connectivity index (χ0) is 12.4. The number of hydrogen-bond donors (Lipinski definition) is 2. The van der Waals surface area contributed by atoms with Gasteiger partial charge in [-0.05, 0) is 39.1 Å². The van der Waals surface area contributed by atoms with Crippen LogP contribution in [0.2, 0.25) is 0 Å². The van der Waals surface area contributed by atoms with Gasteiger partial charge in [-0.15, -0.1) is 11.3 Å². The number of rotatable bonds is 4. The Kier molecular flexibility index (Phi) is 3.47. The lowest BCUT2D eigenvalue weighted by Crippen LogP contribution is -2.15. The van der Waals surface area contributed by atoms with Crippen molar-refractivity contribution in [3.8, 4) is 0 Å². The minimum absolute atomic E-state index is 0.331. The predicted molar refractivity (Wildman–Crippen MR) is 74.9 cm³/mol. The number of anilines is 2. The highest BCUT2D eigenvalue weighted by molar-refractivity contribution is 7.17. The molecule has 2 N–H and O–H groups in total. The van der Waals surface area contributed by atoms with Crippen LogP contribution in [0, 0.1) is 0 Å². The van der Waals surface area contributed by atoms with Crippen LogP contribution in [0.25, 0.3) is 10.2 Å². The van der Waals surface area contributed by atoms with Gasteiger partial charge in [0.15, 0.2) is 0 Å². The van der Waals surface area contributed by atoms with Crippen molar-refractivity contribution in [2.24, 2.45) is 0 Å². The van der Waals surface area contributed by atoms with Crippen molar-refractivity contribution in [2.45, 2.75) is 39.8 Å². The maximum Gasteiger partial charge on any atom is 0.225 e. The monoisotopic (exact) mass is 250 g/mol. The normalized spacial score (nSPS) is 11.4. The third-order valence-corrected chi connectivity index (χ3v) is 3.06. The summed E-state index contributed by atoms with van der Waals surface area (Å²) in [4.78, 5) is 9.02. The summed E-state index contributed by atoms with van der Waals surface area (Å²) in [7, 11) is 0. The maximum absolute atomic E-state index is 4.53. The van der Waals surface area contributed by atoms with E-state index in [4.69, 9.17) is 0 Å². The van der Waals surface area contributed by atoms with E-state index in [2.05, 4.69) is 48.3 Å². The number of thiophene rings is 1. The Bertz CT molecular complexity index is 504. The van der Waals surface area contributed by atoms with Crippen LogP contribution in [0.4, 0.5) is 11.8 Å². The van der Waals surface area contributed by atoms with E-state index in [9.17, 15) is 0 Å². The molecule has 0 atom stereocenters. The lowest BCUT2D eigenvalue weighted by atomic mass is 10.3. The predicted octanol–water partition coefficient (Wildman–Crippen LogP) is 3.33. The molecule has 92 valence electrons. The van der Waals surface area contributed by atoms with Crippen molar-refractivity contribution < 1.29 is 0 Å². The molecule has 0 bridgehead atoms. The van der Waals surface area contributed by atoms with Crippen molar-refractivity contribution >= 4 is 33.3 Å². The molecule has 0 fully saturated rings. The van der Waals surface area contributed by atoms with Gasteiger partial charge in [-0.1, -0.05) is 0 Å². The molecule has 0 spiro atoms. The molecule has 2 rings (SSSR count). The van der Waals surface area contributed by atoms with Gasteiger partial charge in [0.05, 0.1) is 10.2 Å². The summed E-state index contributed by atoms with van der Waals surface area (Å²) in [6.07, 6.45) is 0. The van der Waals surface area contributed by atoms with Gasteiger partial charge in [-0.25, -0.2) is 4.98 Å². The molecule has 0 aliphatic rings. The van der Waals surface area contributed by atoms with Gasteiger partial charge in [0.1, 0.15) is 5.82 Å². The Morgan fingerprint density at radius 3 is 2.41 bits per heavy atom. The first-order valence-corrected chi connectivity index (χ1v) is 6.72. The highest BCUT2D eigenvalue weighted by atomic mass is 32.1. The molecule has 2 aromatic heterocycles. The Balaban J connectivity index is 2.43. The molecule has 17 heavy (non-hydrogen) atoms. The largest absolute Gasteiger partial charge is 0.367 e. The van der Waals surface area contributed by atoms with E-state index in [-0.39, 0.29) is 0 Å². The van der Waals surface area contributed by atoms with E-state index in [1.165, 1.54) is 0 Å². The molecule has 0 saturated heterocycles. The summed E-state index contributed by atoms with van der Waals surface area (Å²) in [5.74, 6) is 1.61. The average molecular weight is 250 g/mol. The molecule has 0 aliphatic carbocycles. The Morgan fingerprint density at radius 2 is 1.76 bits per heavy atom. The van der Waals surface area contributed by atoms with Crippen LogP contribution in [0.1, 0.15) is 27.7 Å². The molecule has 0 amide bonds. The fraction of sp³-hybridized carbons (Fsp3) is 0.500. The standard InChI is InChI=1S/C12H18N4S/c1-7(2)13-11-10-9(5-6-17-10)15-12(16-11)14-8(3)4/h5-8H,1-4H3,(H2,13,14,15,16). The summed E-state index contributed by atoms with van der Waals surface area (Å²) < 4.78 is 1.12. The van der Waals surface area contributed by atoms with E-state index >= 15 is 0 Å². The first-order chi connectivity index (χ1) is 8.06. The van der Waals surface area contributed by atoms with Gasteiger partial charge in [-0.3, -0.25) is 0 Å². The molecular formula is C12H18N4S. The molecule has 0 radical (unpaired) electrons. The zero-order valence-corrected chi connectivity index (χ0v) is 11.4. The molecular weight excluding hydrogens is 232 g/mol. The van der Waals surface area contributed by atoms with E-state index in [1.807, 2.05) is 11.4 Å². The maximum atomic E-state index is 4.53. The van der Waals surface area contributed by atoms with E-state index in [0.717, 1.165) is 16.0 Å². The van der Waals surface area contributed by atoms with Crippen molar-refractivity contribution in [3.63, 3.8) is 0 Å². The molecule has 4 nitrogen and oxygen atoms in total. The summed E-state index contributed by atoms with van der Waals surface area (Å²) >= 11 is 1.67. The van der Waals surface area contributed by atoms with Crippen LogP contribution in [-0.2, 0) is 0 Å². The Labute approximate surface area is 105 Å². The highest BCUT2D eigenvalue weighted by Gasteiger charge is 2.10. The van der Waals surface area contributed by atoms with Gasteiger partial charge in [0.25, 0.3) is 0 Å². The van der Waals surface area contributed by atoms with Crippen LogP contribution in [0.5, 0.6) is 0 Å². The molecule has 0 aliphatic heterocycles. The molecule has 2 aromatic rings. The number of aromatic nitrogens is 2. The van der Waals surface area contributed by atoms with E-state index in [1.54, 1.807) is 11.3 Å². The van der Waals surface area contributed by atoms with Crippen molar-refractivity contribution in [3.05, 3.63) is 11.4 Å². The van der Waals surface area contributed by atoms with Crippen molar-refractivity contribution in [2.75, 3.05) is 10.6 Å². The van der Waals surface area contributed by atoms with Crippen molar-refractivity contribution in [1.82, 2.24) is 9.97 Å². The number of fused-ring (bicyclic) bond motifs is 1. The average Bonchev–Trinajstić information content (AvgIpc) is 2.63. The number of hydrogen-bond acceptors (Lipinski definition) is 5. The fourth-order valence-corrected chi connectivity index (χ4v) is 2.34. The lowest BCUT2D eigenvalue weighted by Gasteiger charge is -2.13. The summed E-state index contributed by atoms with van der Waals surface area (Å²) in [6, 6.07) is 2.72. The second-order valence-corrected chi connectivity index (χ2v) is 5.54. The molecule has 2 heterocycles. The Hall–Kier alpha value is -1.36. The van der Waals surface area contributed by atoms with E-state index in [0.29, 0.717) is 18.0 Å². The van der Waals surface area contributed by atoms with Gasteiger partial charge in [0.2, 0.25) is 5.95 Å². The third kappa shape index (κ3) is 2.85. The quantitative estimate of drug-likeness (QED) is 0.874. The van der Waals surface area contributed by atoms with Crippen LogP contribution >= 0.6 is 11.3 Å². The van der Waals surface area contributed by atoms with Gasteiger partial charge in [-0.2, -0.15) is 4.98 Å². The van der Waals surface area contributed by atoms with Gasteiger partial charge in [0, 0.05) is 12.1 Å². The second kappa shape index (κ2) is 4.87. The highest BCUT2D eigenvalue weighted by Crippen LogP contribution is 2.27. The smallest absolute Gasteiger partial charge is 0.225 e. The third-order valence-electron chi connectivity index (χ3n) is 2.15. The molecule has 0 unspecified atom stereocenters. The topological polar surface area (TPSA) is 49.8 Å². The fourth-order valence-electron chi connectivity index (χ4n) is 1.56. The first kappa shape index (κ1) is 12.1. The van der Waals surface area contributed by atoms with Gasteiger partial charge >= 0.3 is 0 Å². The van der Waals surface area contributed by atoms with Crippen LogP contribution < -0.4 is 10.6 Å². The summed E-state index contributed by atoms with van der Waals surface area (Å²) in [5, 5.41) is 8.66. The molecule has 0 saturated carbocycles. The molecule has 5 heteroatoms.